The van der Waals surface area contributed by atoms with E-state index in [-0.39, 0.29) is 36.5 Å². The lowest BCUT2D eigenvalue weighted by Gasteiger charge is -2.18. The van der Waals surface area contributed by atoms with Crippen LogP contribution in [0, 0.1) is 0 Å². The van der Waals surface area contributed by atoms with Crippen molar-refractivity contribution >= 4 is 35.9 Å². The number of nitrogens with zero attached hydrogens (tertiary/aromatic N) is 1. The molecule has 0 unspecified atom stereocenters. The molecule has 3 N–H and O–H groups in total. The first kappa shape index (κ1) is 22.7. The zero-order valence-corrected chi connectivity index (χ0v) is 16.2. The van der Waals surface area contributed by atoms with Crippen LogP contribution in [0.3, 0.4) is 0 Å². The third-order valence-electron chi connectivity index (χ3n) is 2.63. The molecule has 0 aliphatic carbocycles. The lowest BCUT2D eigenvalue weighted by molar-refractivity contribution is -0.152. The number of unbranched alkanes of at least 4 members (excludes halogenated alkanes) is 5. The molecule has 0 spiro atoms. The molecule has 0 atom stereocenters. The SMILES string of the molecule is CCCCCCCCNC(N)=NCC(=O)OC(C)(C)C.I. The average Bonchev–Trinajstić information content (AvgIpc) is 2.33. The van der Waals surface area contributed by atoms with E-state index in [0.717, 1.165) is 13.0 Å². The summed E-state index contributed by atoms with van der Waals surface area (Å²) in [5, 5.41) is 3.01. The van der Waals surface area contributed by atoms with Gasteiger partial charge in [0.05, 0.1) is 0 Å². The maximum absolute atomic E-state index is 11.4. The quantitative estimate of drug-likeness (QED) is 0.200. The molecule has 0 amide bonds. The van der Waals surface area contributed by atoms with Gasteiger partial charge in [-0.25, -0.2) is 4.99 Å². The summed E-state index contributed by atoms with van der Waals surface area (Å²) in [6, 6.07) is 0. The van der Waals surface area contributed by atoms with Crippen LogP contribution in [0.4, 0.5) is 0 Å². The van der Waals surface area contributed by atoms with Gasteiger partial charge >= 0.3 is 5.97 Å². The summed E-state index contributed by atoms with van der Waals surface area (Å²) in [4.78, 5) is 15.4. The van der Waals surface area contributed by atoms with Crippen LogP contribution >= 0.6 is 24.0 Å². The molecular formula is C15H32IN3O2. The van der Waals surface area contributed by atoms with E-state index in [1.165, 1.54) is 32.1 Å². The van der Waals surface area contributed by atoms with Crippen molar-refractivity contribution in [2.45, 2.75) is 71.8 Å². The summed E-state index contributed by atoms with van der Waals surface area (Å²) in [6.07, 6.45) is 7.43. The second-order valence-electron chi connectivity index (χ2n) is 5.98. The van der Waals surface area contributed by atoms with Crippen molar-refractivity contribution in [1.29, 1.82) is 0 Å². The lowest BCUT2D eigenvalue weighted by atomic mass is 10.1. The molecule has 0 aromatic heterocycles. The maximum Gasteiger partial charge on any atom is 0.328 e. The van der Waals surface area contributed by atoms with E-state index in [2.05, 4.69) is 17.2 Å². The van der Waals surface area contributed by atoms with E-state index in [0.29, 0.717) is 5.96 Å². The first-order chi connectivity index (χ1) is 9.35. The van der Waals surface area contributed by atoms with E-state index in [9.17, 15) is 4.79 Å². The predicted molar refractivity (Wildman–Crippen MR) is 99.1 cm³/mol. The number of carbonyl (C=O) groups excluding carboxylic acids is 1. The van der Waals surface area contributed by atoms with Crippen molar-refractivity contribution in [1.82, 2.24) is 5.32 Å². The maximum atomic E-state index is 11.4. The van der Waals surface area contributed by atoms with Crippen molar-refractivity contribution in [3.63, 3.8) is 0 Å². The summed E-state index contributed by atoms with van der Waals surface area (Å²) in [5.74, 6) is -0.0498. The lowest BCUT2D eigenvalue weighted by Crippen LogP contribution is -2.33. The van der Waals surface area contributed by atoms with Crippen LogP contribution in [0.15, 0.2) is 4.99 Å². The van der Waals surface area contributed by atoms with Gasteiger partial charge in [0.2, 0.25) is 0 Å². The Morgan fingerprint density at radius 3 is 2.29 bits per heavy atom. The minimum atomic E-state index is -0.479. The van der Waals surface area contributed by atoms with E-state index in [1.807, 2.05) is 20.8 Å². The highest BCUT2D eigenvalue weighted by Gasteiger charge is 2.15. The highest BCUT2D eigenvalue weighted by atomic mass is 127. The fourth-order valence-corrected chi connectivity index (χ4v) is 1.70. The average molecular weight is 413 g/mol. The van der Waals surface area contributed by atoms with Gasteiger partial charge in [-0.1, -0.05) is 39.0 Å². The first-order valence-electron chi connectivity index (χ1n) is 7.61. The van der Waals surface area contributed by atoms with Crippen LogP contribution in [0.1, 0.15) is 66.2 Å². The number of nitrogens with two attached hydrogens (primary N) is 1. The van der Waals surface area contributed by atoms with Gasteiger partial charge in [0.15, 0.2) is 5.96 Å². The van der Waals surface area contributed by atoms with Crippen molar-refractivity contribution in [3.8, 4) is 0 Å². The molecule has 0 aliphatic heterocycles. The Hall–Kier alpha value is -0.530. The van der Waals surface area contributed by atoms with Crippen LogP contribution in [-0.2, 0) is 9.53 Å². The highest BCUT2D eigenvalue weighted by molar-refractivity contribution is 14.0. The number of aliphatic imine (C=N–C) groups is 1. The molecule has 0 radical (unpaired) electrons. The van der Waals surface area contributed by atoms with Crippen LogP contribution in [-0.4, -0.2) is 30.6 Å². The molecule has 126 valence electrons. The Morgan fingerprint density at radius 1 is 1.14 bits per heavy atom. The molecule has 0 aromatic rings. The van der Waals surface area contributed by atoms with Crippen molar-refractivity contribution < 1.29 is 9.53 Å². The minimum absolute atomic E-state index is 0. The van der Waals surface area contributed by atoms with Crippen LogP contribution in [0.25, 0.3) is 0 Å². The number of esters is 1. The molecule has 0 fully saturated rings. The molecule has 0 aliphatic rings. The second-order valence-corrected chi connectivity index (χ2v) is 5.98. The summed E-state index contributed by atoms with van der Waals surface area (Å²) < 4.78 is 5.14. The van der Waals surface area contributed by atoms with Crippen LogP contribution in [0.2, 0.25) is 0 Å². The van der Waals surface area contributed by atoms with Gasteiger partial charge in [-0.3, -0.25) is 4.79 Å². The smallest absolute Gasteiger partial charge is 0.328 e. The van der Waals surface area contributed by atoms with E-state index < -0.39 is 5.60 Å². The summed E-state index contributed by atoms with van der Waals surface area (Å²) in [5.41, 5.74) is 5.20. The van der Waals surface area contributed by atoms with Gasteiger partial charge < -0.3 is 15.8 Å². The first-order valence-corrected chi connectivity index (χ1v) is 7.61. The van der Waals surface area contributed by atoms with E-state index >= 15 is 0 Å². The molecule has 0 heterocycles. The molecule has 21 heavy (non-hydrogen) atoms. The fraction of sp³-hybridized carbons (Fsp3) is 0.867. The van der Waals surface area contributed by atoms with Crippen LogP contribution < -0.4 is 11.1 Å². The van der Waals surface area contributed by atoms with Crippen molar-refractivity contribution in [2.75, 3.05) is 13.1 Å². The Balaban J connectivity index is 0. The number of rotatable bonds is 9. The van der Waals surface area contributed by atoms with Gasteiger partial charge in [-0.2, -0.15) is 0 Å². The number of halogens is 1. The predicted octanol–water partition coefficient (Wildman–Crippen LogP) is 3.21. The third kappa shape index (κ3) is 17.4. The van der Waals surface area contributed by atoms with E-state index in [1.54, 1.807) is 0 Å². The van der Waals surface area contributed by atoms with Crippen LogP contribution in [0.5, 0.6) is 0 Å². The van der Waals surface area contributed by atoms with E-state index in [4.69, 9.17) is 10.5 Å². The number of ether oxygens (including phenoxy) is 1. The Kier molecular flexibility index (Phi) is 14.2. The van der Waals surface area contributed by atoms with Gasteiger partial charge in [-0.05, 0) is 27.2 Å². The fourth-order valence-electron chi connectivity index (χ4n) is 1.70. The number of carbonyl (C=O) groups is 1. The molecule has 0 saturated carbocycles. The standard InChI is InChI=1S/C15H31N3O2.HI/c1-5-6-7-8-9-10-11-17-14(16)18-12-13(19)20-15(2,3)4;/h5-12H2,1-4H3,(H3,16,17,18);1H. The number of hydrogen-bond donors (Lipinski definition) is 2. The van der Waals surface area contributed by atoms with Gasteiger partial charge in [-0.15, -0.1) is 24.0 Å². The molecule has 0 aromatic carbocycles. The third-order valence-corrected chi connectivity index (χ3v) is 2.63. The molecule has 5 nitrogen and oxygen atoms in total. The number of hydrogen-bond acceptors (Lipinski definition) is 3. The van der Waals surface area contributed by atoms with Gasteiger partial charge in [0.1, 0.15) is 12.1 Å². The summed E-state index contributed by atoms with van der Waals surface area (Å²) in [6.45, 7) is 8.46. The number of nitrogens with one attached hydrogen (secondary N) is 1. The molecule has 0 saturated heterocycles. The van der Waals surface area contributed by atoms with Crippen molar-refractivity contribution in [2.24, 2.45) is 10.7 Å². The van der Waals surface area contributed by atoms with Gasteiger partial charge in [0, 0.05) is 6.54 Å². The van der Waals surface area contributed by atoms with Gasteiger partial charge in [0.25, 0.3) is 0 Å². The largest absolute Gasteiger partial charge is 0.459 e. The van der Waals surface area contributed by atoms with Crippen molar-refractivity contribution in [3.05, 3.63) is 0 Å². The molecule has 0 rings (SSSR count). The number of guanidine groups is 1. The Labute approximate surface area is 146 Å². The minimum Gasteiger partial charge on any atom is -0.459 e. The topological polar surface area (TPSA) is 76.7 Å². The Morgan fingerprint density at radius 2 is 1.71 bits per heavy atom. The monoisotopic (exact) mass is 413 g/mol. The zero-order valence-electron chi connectivity index (χ0n) is 13.9. The summed E-state index contributed by atoms with van der Waals surface area (Å²) in [7, 11) is 0. The second kappa shape index (κ2) is 13.2. The molecule has 0 bridgehead atoms. The normalized spacial score (nSPS) is 11.7. The molecular weight excluding hydrogens is 381 g/mol. The Bertz CT molecular complexity index is 302. The highest BCUT2D eigenvalue weighted by Crippen LogP contribution is 2.06. The summed E-state index contributed by atoms with van der Waals surface area (Å²) >= 11 is 0. The molecule has 6 heteroatoms. The zero-order chi connectivity index (χ0) is 15.4.